The SMILES string of the molecule is CCCCC(C)OOOOOO. The van der Waals surface area contributed by atoms with Crippen LogP contribution in [0.4, 0.5) is 0 Å². The minimum Gasteiger partial charge on any atom is -0.219 e. The molecule has 0 bridgehead atoms. The van der Waals surface area contributed by atoms with Crippen molar-refractivity contribution in [1.29, 1.82) is 0 Å². The molecule has 0 aliphatic carbocycles. The first-order valence-corrected chi connectivity index (χ1v) is 3.78. The van der Waals surface area contributed by atoms with Crippen molar-refractivity contribution in [3.05, 3.63) is 0 Å². The van der Waals surface area contributed by atoms with Crippen molar-refractivity contribution in [3.63, 3.8) is 0 Å². The first-order valence-electron chi connectivity index (χ1n) is 3.78. The summed E-state index contributed by atoms with van der Waals surface area (Å²) in [4.78, 5) is 4.61. The van der Waals surface area contributed by atoms with Crippen LogP contribution in [0.1, 0.15) is 33.1 Å². The number of unbranched alkanes of at least 4 members (excludes halogenated alkanes) is 1. The molecule has 74 valence electrons. The molecule has 6 heteroatoms. The van der Waals surface area contributed by atoms with Gasteiger partial charge in [0.15, 0.2) is 0 Å². The van der Waals surface area contributed by atoms with Gasteiger partial charge in [-0.1, -0.05) is 19.8 Å². The third kappa shape index (κ3) is 7.86. The van der Waals surface area contributed by atoms with Gasteiger partial charge in [-0.15, -0.1) is 0 Å². The standard InChI is InChI=1S/C6H14O6/c1-3-4-5-6(2)8-10-12-11-9-7/h6-7H,3-5H2,1-2H3. The molecule has 0 spiro atoms. The van der Waals surface area contributed by atoms with Crippen LogP contribution in [0.15, 0.2) is 0 Å². The second-order valence-electron chi connectivity index (χ2n) is 2.33. The molecule has 0 aromatic heterocycles. The molecule has 0 saturated heterocycles. The van der Waals surface area contributed by atoms with Crippen LogP contribution in [0.25, 0.3) is 0 Å². The average Bonchev–Trinajstić information content (AvgIpc) is 2.09. The van der Waals surface area contributed by atoms with E-state index in [0.29, 0.717) is 0 Å². The zero-order valence-corrected chi connectivity index (χ0v) is 7.19. The molecule has 0 radical (unpaired) electrons. The fraction of sp³-hybridized carbons (Fsp3) is 1.00. The minimum atomic E-state index is -0.0905. The maximum Gasteiger partial charge on any atom is 0.0934 e. The second kappa shape index (κ2) is 8.85. The first-order chi connectivity index (χ1) is 5.81. The summed E-state index contributed by atoms with van der Waals surface area (Å²) in [7, 11) is 0. The van der Waals surface area contributed by atoms with Crippen LogP contribution in [-0.2, 0) is 25.0 Å². The Morgan fingerprint density at radius 2 is 2.00 bits per heavy atom. The lowest BCUT2D eigenvalue weighted by atomic mass is 10.2. The zero-order chi connectivity index (χ0) is 9.23. The molecule has 1 N–H and O–H groups in total. The van der Waals surface area contributed by atoms with Crippen LogP contribution in [0, 0.1) is 0 Å². The summed E-state index contributed by atoms with van der Waals surface area (Å²) < 4.78 is 0. The smallest absolute Gasteiger partial charge is 0.0934 e. The molecule has 0 rings (SSSR count). The highest BCUT2D eigenvalue weighted by molar-refractivity contribution is 4.45. The Balaban J connectivity index is 3.02. The lowest BCUT2D eigenvalue weighted by molar-refractivity contribution is -0.755. The lowest BCUT2D eigenvalue weighted by Gasteiger charge is -2.07. The summed E-state index contributed by atoms with van der Waals surface area (Å²) in [6.45, 7) is 3.89. The molecule has 12 heavy (non-hydrogen) atoms. The topological polar surface area (TPSA) is 66.4 Å². The molecule has 0 fully saturated rings. The Morgan fingerprint density at radius 3 is 2.58 bits per heavy atom. The van der Waals surface area contributed by atoms with Gasteiger partial charge in [-0.05, 0) is 33.5 Å². The molecular formula is C6H14O6. The molecule has 1 unspecified atom stereocenters. The van der Waals surface area contributed by atoms with E-state index in [-0.39, 0.29) is 6.10 Å². The van der Waals surface area contributed by atoms with Crippen LogP contribution in [-0.4, -0.2) is 11.4 Å². The highest BCUT2D eigenvalue weighted by Gasteiger charge is 2.02. The average molecular weight is 182 g/mol. The van der Waals surface area contributed by atoms with Crippen LogP contribution in [0.2, 0.25) is 0 Å². The molecule has 1 atom stereocenters. The fourth-order valence-corrected chi connectivity index (χ4v) is 0.647. The van der Waals surface area contributed by atoms with E-state index in [1.165, 1.54) is 0 Å². The van der Waals surface area contributed by atoms with E-state index in [9.17, 15) is 0 Å². The zero-order valence-electron chi connectivity index (χ0n) is 7.19. The van der Waals surface area contributed by atoms with E-state index in [1.807, 2.05) is 6.92 Å². The van der Waals surface area contributed by atoms with Gasteiger partial charge < -0.3 is 0 Å². The van der Waals surface area contributed by atoms with Crippen LogP contribution in [0.5, 0.6) is 0 Å². The molecule has 0 aliphatic rings. The second-order valence-corrected chi connectivity index (χ2v) is 2.33. The van der Waals surface area contributed by atoms with Gasteiger partial charge in [0.2, 0.25) is 0 Å². The first kappa shape index (κ1) is 11.8. The molecular weight excluding hydrogens is 168 g/mol. The number of hydrogen-bond donors (Lipinski definition) is 1. The quantitative estimate of drug-likeness (QED) is 0.350. The highest BCUT2D eigenvalue weighted by atomic mass is 17.8. The molecule has 6 nitrogen and oxygen atoms in total. The number of hydrogen-bond acceptors (Lipinski definition) is 6. The molecule has 0 amide bonds. The van der Waals surface area contributed by atoms with Crippen molar-refractivity contribution < 1.29 is 30.3 Å². The predicted octanol–water partition coefficient (Wildman–Crippen LogP) is 1.78. The van der Waals surface area contributed by atoms with E-state index >= 15 is 0 Å². The highest BCUT2D eigenvalue weighted by Crippen LogP contribution is 2.04. The van der Waals surface area contributed by atoms with Gasteiger partial charge in [-0.3, -0.25) is 0 Å². The monoisotopic (exact) mass is 182 g/mol. The van der Waals surface area contributed by atoms with Gasteiger partial charge in [0, 0.05) is 0 Å². The maximum absolute atomic E-state index is 7.59. The summed E-state index contributed by atoms with van der Waals surface area (Å²) >= 11 is 0. The van der Waals surface area contributed by atoms with Gasteiger partial charge in [-0.2, -0.15) is 0 Å². The maximum atomic E-state index is 7.59. The summed E-state index contributed by atoms with van der Waals surface area (Å²) in [5.74, 6) is 0. The molecule has 0 aromatic carbocycles. The largest absolute Gasteiger partial charge is 0.219 e. The van der Waals surface area contributed by atoms with Gasteiger partial charge in [0.25, 0.3) is 0 Å². The summed E-state index contributed by atoms with van der Waals surface area (Å²) in [6.07, 6.45) is 2.90. The van der Waals surface area contributed by atoms with Crippen LogP contribution >= 0.6 is 0 Å². The Morgan fingerprint density at radius 1 is 1.25 bits per heavy atom. The van der Waals surface area contributed by atoms with E-state index in [2.05, 4.69) is 32.0 Å². The van der Waals surface area contributed by atoms with Crippen molar-refractivity contribution in [1.82, 2.24) is 0 Å². The Kier molecular flexibility index (Phi) is 8.68. The third-order valence-corrected chi connectivity index (χ3v) is 1.25. The van der Waals surface area contributed by atoms with E-state index < -0.39 is 0 Å². The number of rotatable bonds is 8. The van der Waals surface area contributed by atoms with E-state index in [0.717, 1.165) is 19.3 Å². The van der Waals surface area contributed by atoms with Gasteiger partial charge in [-0.25, -0.2) is 10.1 Å². The van der Waals surface area contributed by atoms with Crippen molar-refractivity contribution >= 4 is 0 Å². The van der Waals surface area contributed by atoms with Crippen LogP contribution in [0.3, 0.4) is 0 Å². The Hall–Kier alpha value is -0.240. The van der Waals surface area contributed by atoms with Crippen molar-refractivity contribution in [2.24, 2.45) is 0 Å². The lowest BCUT2D eigenvalue weighted by Crippen LogP contribution is -2.09. The summed E-state index contributed by atoms with van der Waals surface area (Å²) in [5, 5.41) is 21.9. The van der Waals surface area contributed by atoms with Crippen LogP contribution < -0.4 is 0 Å². The fourth-order valence-electron chi connectivity index (χ4n) is 0.647. The van der Waals surface area contributed by atoms with Crippen molar-refractivity contribution in [3.8, 4) is 0 Å². The minimum absolute atomic E-state index is 0.0905. The predicted molar refractivity (Wildman–Crippen MR) is 37.0 cm³/mol. The van der Waals surface area contributed by atoms with E-state index in [1.54, 1.807) is 0 Å². The Labute approximate surface area is 70.6 Å². The van der Waals surface area contributed by atoms with Gasteiger partial charge in [0.1, 0.15) is 0 Å². The molecule has 0 aliphatic heterocycles. The van der Waals surface area contributed by atoms with Crippen molar-refractivity contribution in [2.45, 2.75) is 39.2 Å². The molecule has 0 saturated carbocycles. The third-order valence-electron chi connectivity index (χ3n) is 1.25. The molecule has 0 aromatic rings. The molecule has 0 heterocycles. The normalized spacial score (nSPS) is 13.2. The Bertz CT molecular complexity index is 88.1. The van der Waals surface area contributed by atoms with Gasteiger partial charge >= 0.3 is 0 Å². The summed E-state index contributed by atoms with van der Waals surface area (Å²) in [5.41, 5.74) is 0. The van der Waals surface area contributed by atoms with Crippen molar-refractivity contribution in [2.75, 3.05) is 0 Å². The summed E-state index contributed by atoms with van der Waals surface area (Å²) in [6, 6.07) is 0. The van der Waals surface area contributed by atoms with Gasteiger partial charge in [0.05, 0.1) is 6.10 Å². The van der Waals surface area contributed by atoms with E-state index in [4.69, 9.17) is 5.26 Å².